The van der Waals surface area contributed by atoms with Gasteiger partial charge in [0.1, 0.15) is 0 Å². The van der Waals surface area contributed by atoms with Crippen molar-refractivity contribution in [1.82, 2.24) is 0 Å². The molecule has 13 heavy (non-hydrogen) atoms. The second-order valence-corrected chi connectivity index (χ2v) is 2.33. The van der Waals surface area contributed by atoms with Crippen molar-refractivity contribution in [2.24, 2.45) is 0 Å². The van der Waals surface area contributed by atoms with Gasteiger partial charge in [-0.2, -0.15) is 0 Å². The second-order valence-electron chi connectivity index (χ2n) is 2.33. The third kappa shape index (κ3) is 32.2. The van der Waals surface area contributed by atoms with E-state index in [9.17, 15) is 0 Å². The summed E-state index contributed by atoms with van der Waals surface area (Å²) in [5.41, 5.74) is 0. The molecule has 0 aliphatic heterocycles. The van der Waals surface area contributed by atoms with Crippen LogP contribution in [0.15, 0.2) is 0 Å². The molecule has 0 radical (unpaired) electrons. The Morgan fingerprint density at radius 1 is 1.31 bits per heavy atom. The van der Waals surface area contributed by atoms with E-state index in [1.54, 1.807) is 0 Å². The number of rotatable bonds is 4. The Hall–Kier alpha value is 0.865. The molecule has 1 atom stereocenters. The average molecular weight is 204 g/mol. The van der Waals surface area contributed by atoms with Gasteiger partial charge in [-0.3, -0.25) is 0 Å². The monoisotopic (exact) mass is 204 g/mol. The van der Waals surface area contributed by atoms with E-state index < -0.39 is 13.4 Å². The zero-order chi connectivity index (χ0) is 9.98. The minimum atomic E-state index is -2.17. The van der Waals surface area contributed by atoms with Gasteiger partial charge in [0.05, 0.1) is 12.7 Å². The van der Waals surface area contributed by atoms with Crippen molar-refractivity contribution >= 4 is 7.32 Å². The van der Waals surface area contributed by atoms with Gasteiger partial charge in [-0.05, 0) is 6.42 Å². The van der Waals surface area contributed by atoms with Crippen LogP contribution in [0.3, 0.4) is 0 Å². The third-order valence-electron chi connectivity index (χ3n) is 1.10. The molecule has 0 aliphatic rings. The Bertz CT molecular complexity index is 87.9. The molecule has 0 aliphatic carbocycles. The zero-order valence-electron chi connectivity index (χ0n) is 9.22. The van der Waals surface area contributed by atoms with Gasteiger partial charge in [-0.25, -0.2) is 0 Å². The van der Waals surface area contributed by atoms with Crippen LogP contribution in [0.4, 0.5) is 0 Å². The third-order valence-corrected chi connectivity index (χ3v) is 1.10. The standard InChI is InChI=1S/C6H14O2.BH3O3.Na.H/c1-2-3-4-6(8)5-7;2-1(3)4;;/h6-8H,2-5H2,1H3;2-4H;;/q;;+1;-1. The molecule has 0 aromatic carbocycles. The summed E-state index contributed by atoms with van der Waals surface area (Å²) in [6, 6.07) is 0. The van der Waals surface area contributed by atoms with Gasteiger partial charge in [0.15, 0.2) is 0 Å². The van der Waals surface area contributed by atoms with Crippen molar-refractivity contribution < 1.29 is 56.3 Å². The molecule has 0 saturated carbocycles. The van der Waals surface area contributed by atoms with E-state index in [0.717, 1.165) is 19.3 Å². The maximum Gasteiger partial charge on any atom is 1.00 e. The number of unbranched alkanes of at least 4 members (excludes halogenated alkanes) is 1. The van der Waals surface area contributed by atoms with Gasteiger partial charge in [0.2, 0.25) is 0 Å². The first-order chi connectivity index (χ1) is 5.54. The van der Waals surface area contributed by atoms with Gasteiger partial charge in [0.25, 0.3) is 0 Å². The fourth-order valence-electron chi connectivity index (χ4n) is 0.531. The van der Waals surface area contributed by atoms with E-state index in [1.807, 2.05) is 0 Å². The van der Waals surface area contributed by atoms with Gasteiger partial charge in [0, 0.05) is 0 Å². The van der Waals surface area contributed by atoms with E-state index in [2.05, 4.69) is 6.92 Å². The molecule has 0 fully saturated rings. The van der Waals surface area contributed by atoms with Crippen molar-refractivity contribution in [3.63, 3.8) is 0 Å². The fourth-order valence-corrected chi connectivity index (χ4v) is 0.531. The Kier molecular flexibility index (Phi) is 22.9. The summed E-state index contributed by atoms with van der Waals surface area (Å²) in [6.07, 6.45) is 2.32. The maximum atomic E-state index is 8.74. The first kappa shape index (κ1) is 19.4. The van der Waals surface area contributed by atoms with E-state index in [-0.39, 0.29) is 37.6 Å². The summed E-state index contributed by atoms with van der Waals surface area (Å²) in [6.45, 7) is 1.96. The normalized spacial score (nSPS) is 10.6. The number of hydrogen-bond donors (Lipinski definition) is 5. The summed E-state index contributed by atoms with van der Waals surface area (Å²) >= 11 is 0. The second kappa shape index (κ2) is 15.3. The predicted octanol–water partition coefficient (Wildman–Crippen LogP) is -4.41. The number of aliphatic hydroxyl groups excluding tert-OH is 2. The molecule has 0 amide bonds. The Labute approximate surface area is 102 Å². The minimum absolute atomic E-state index is 0. The van der Waals surface area contributed by atoms with Crippen molar-refractivity contribution in [1.29, 1.82) is 0 Å². The van der Waals surface area contributed by atoms with Gasteiger partial charge in [-0.15, -0.1) is 0 Å². The molecule has 1 unspecified atom stereocenters. The smallest absolute Gasteiger partial charge is 1.00 e. The number of hydrogen-bond acceptors (Lipinski definition) is 5. The molecule has 76 valence electrons. The van der Waals surface area contributed by atoms with Crippen LogP contribution in [0.2, 0.25) is 0 Å². The maximum absolute atomic E-state index is 8.74. The van der Waals surface area contributed by atoms with Crippen molar-refractivity contribution in [2.75, 3.05) is 6.61 Å². The molecule has 0 saturated heterocycles. The first-order valence-corrected chi connectivity index (χ1v) is 3.87. The van der Waals surface area contributed by atoms with E-state index in [1.165, 1.54) is 0 Å². The molecule has 0 heterocycles. The molecule has 0 spiro atoms. The largest absolute Gasteiger partial charge is 1.00 e. The minimum Gasteiger partial charge on any atom is -1.00 e. The van der Waals surface area contributed by atoms with Crippen LogP contribution in [0, 0.1) is 0 Å². The summed E-state index contributed by atoms with van der Waals surface area (Å²) in [5.74, 6) is 0. The van der Waals surface area contributed by atoms with E-state index >= 15 is 0 Å². The number of aliphatic hydroxyl groups is 2. The molecule has 5 nitrogen and oxygen atoms in total. The zero-order valence-corrected chi connectivity index (χ0v) is 10.2. The summed E-state index contributed by atoms with van der Waals surface area (Å²) in [7, 11) is -2.17. The van der Waals surface area contributed by atoms with Crippen molar-refractivity contribution in [2.45, 2.75) is 32.3 Å². The molecule has 0 aromatic heterocycles. The SMILES string of the molecule is CCCCC(O)CO.OB(O)O.[H-].[Na+]. The summed E-state index contributed by atoms with van der Waals surface area (Å²) < 4.78 is 0. The van der Waals surface area contributed by atoms with Crippen LogP contribution >= 0.6 is 0 Å². The van der Waals surface area contributed by atoms with Gasteiger partial charge >= 0.3 is 36.9 Å². The van der Waals surface area contributed by atoms with Crippen LogP contribution < -0.4 is 29.6 Å². The van der Waals surface area contributed by atoms with Gasteiger partial charge < -0.3 is 26.7 Å². The van der Waals surface area contributed by atoms with E-state index in [4.69, 9.17) is 25.3 Å². The first-order valence-electron chi connectivity index (χ1n) is 3.87. The topological polar surface area (TPSA) is 101 Å². The van der Waals surface area contributed by atoms with Crippen LogP contribution in [0.5, 0.6) is 0 Å². The quantitative estimate of drug-likeness (QED) is 0.297. The van der Waals surface area contributed by atoms with Crippen LogP contribution in [0.1, 0.15) is 27.6 Å². The molecular weight excluding hydrogens is 186 g/mol. The average Bonchev–Trinajstić information content (AvgIpc) is 1.99. The van der Waals surface area contributed by atoms with Crippen LogP contribution in [0.25, 0.3) is 0 Å². The van der Waals surface area contributed by atoms with Crippen LogP contribution in [-0.2, 0) is 0 Å². The summed E-state index contributed by atoms with van der Waals surface area (Å²) in [4.78, 5) is 0. The molecule has 7 heteroatoms. The summed E-state index contributed by atoms with van der Waals surface area (Å²) in [5, 5.41) is 38.6. The Balaban J connectivity index is -0.0000000733. The molecule has 0 aromatic rings. The van der Waals surface area contributed by atoms with Gasteiger partial charge in [-0.1, -0.05) is 19.8 Å². The van der Waals surface area contributed by atoms with Crippen LogP contribution in [-0.4, -0.2) is 45.3 Å². The van der Waals surface area contributed by atoms with Crippen molar-refractivity contribution in [3.05, 3.63) is 0 Å². The van der Waals surface area contributed by atoms with Crippen molar-refractivity contribution in [3.8, 4) is 0 Å². The Morgan fingerprint density at radius 3 is 1.92 bits per heavy atom. The molecular formula is C6H18BNaO5. The molecule has 0 bridgehead atoms. The Morgan fingerprint density at radius 2 is 1.69 bits per heavy atom. The van der Waals surface area contributed by atoms with E-state index in [0.29, 0.717) is 0 Å². The molecule has 0 rings (SSSR count). The molecule has 5 N–H and O–H groups in total. The predicted molar refractivity (Wildman–Crippen MR) is 46.1 cm³/mol. The fraction of sp³-hybridized carbons (Fsp3) is 1.00.